The third-order valence-corrected chi connectivity index (χ3v) is 11.0. The van der Waals surface area contributed by atoms with Crippen molar-refractivity contribution in [2.24, 2.45) is 46.3 Å². The zero-order valence-corrected chi connectivity index (χ0v) is 24.2. The van der Waals surface area contributed by atoms with Gasteiger partial charge in [0.2, 0.25) is 0 Å². The Morgan fingerprint density at radius 2 is 1.80 bits per heavy atom. The molecule has 0 saturated heterocycles. The van der Waals surface area contributed by atoms with E-state index in [1.54, 1.807) is 5.57 Å². The van der Waals surface area contributed by atoms with E-state index in [2.05, 4.69) is 46.0 Å². The number of hydrogen-bond donors (Lipinski definition) is 1. The molecule has 0 heterocycles. The Bertz CT molecular complexity index is 794. The molecule has 3 saturated carbocycles. The van der Waals surface area contributed by atoms with E-state index < -0.39 is 5.60 Å². The minimum Gasteiger partial charge on any atom is -0.444 e. The minimum atomic E-state index is -0.440. The third-order valence-electron chi connectivity index (χ3n) is 11.0. The quantitative estimate of drug-likeness (QED) is 0.381. The molecule has 4 aliphatic carbocycles. The predicted molar refractivity (Wildman–Crippen MR) is 146 cm³/mol. The lowest BCUT2D eigenvalue weighted by Crippen LogP contribution is -2.52. The fourth-order valence-electron chi connectivity index (χ4n) is 9.28. The van der Waals surface area contributed by atoms with Gasteiger partial charge in [0.15, 0.2) is 0 Å². The van der Waals surface area contributed by atoms with Crippen molar-refractivity contribution in [3.05, 3.63) is 11.6 Å². The van der Waals surface area contributed by atoms with Crippen molar-refractivity contribution in [2.75, 3.05) is 0 Å². The van der Waals surface area contributed by atoms with Crippen LogP contribution in [0.25, 0.3) is 0 Å². The summed E-state index contributed by atoms with van der Waals surface area (Å²) in [4.78, 5) is 12.4. The highest BCUT2D eigenvalue weighted by Gasteiger charge is 2.59. The Balaban J connectivity index is 1.42. The molecule has 0 bridgehead atoms. The maximum absolute atomic E-state index is 12.4. The molecule has 200 valence electrons. The lowest BCUT2D eigenvalue weighted by molar-refractivity contribution is -0.0516. The molecular formula is C32H55NO2. The van der Waals surface area contributed by atoms with Crippen molar-refractivity contribution in [1.29, 1.82) is 0 Å². The van der Waals surface area contributed by atoms with E-state index in [0.29, 0.717) is 10.8 Å². The van der Waals surface area contributed by atoms with Crippen LogP contribution in [-0.2, 0) is 4.74 Å². The SMILES string of the molecule is CC(C)CCCC(C)[C@H]1CCC2C3CC=C4C[C@@H](NC(=O)OC(C)(C)C)CC[C@]4(C)C3CC[C@@]21C. The van der Waals surface area contributed by atoms with Crippen LogP contribution >= 0.6 is 0 Å². The van der Waals surface area contributed by atoms with Gasteiger partial charge in [-0.05, 0) is 118 Å². The summed E-state index contributed by atoms with van der Waals surface area (Å²) < 4.78 is 5.54. The van der Waals surface area contributed by atoms with Gasteiger partial charge in [-0.2, -0.15) is 0 Å². The monoisotopic (exact) mass is 485 g/mol. The topological polar surface area (TPSA) is 38.3 Å². The summed E-state index contributed by atoms with van der Waals surface area (Å²) in [7, 11) is 0. The first-order valence-corrected chi connectivity index (χ1v) is 15.0. The standard InChI is InChI=1S/C32H55NO2/c1-21(2)10-9-11-22(3)26-14-15-27-25-13-12-23-20-24(33-29(34)35-30(4,5)6)16-18-31(23,7)28(25)17-19-32(26,27)8/h12,21-22,24-28H,9-11,13-20H2,1-8H3,(H,33,34)/t22?,24-,25?,26+,27?,28?,31-,32+/m0/s1. The number of carbonyl (C=O) groups excluding carboxylic acids is 1. The Labute approximate surface area is 216 Å². The fraction of sp³-hybridized carbons (Fsp3) is 0.906. The van der Waals surface area contributed by atoms with E-state index in [-0.39, 0.29) is 12.1 Å². The van der Waals surface area contributed by atoms with Gasteiger partial charge in [0.1, 0.15) is 5.60 Å². The molecule has 8 atom stereocenters. The highest BCUT2D eigenvalue weighted by molar-refractivity contribution is 5.68. The van der Waals surface area contributed by atoms with Crippen LogP contribution in [0.1, 0.15) is 126 Å². The summed E-state index contributed by atoms with van der Waals surface area (Å²) in [6, 6.07) is 0.220. The summed E-state index contributed by atoms with van der Waals surface area (Å²) in [6.45, 7) is 18.4. The molecule has 0 aromatic rings. The van der Waals surface area contributed by atoms with Crippen molar-refractivity contribution in [2.45, 2.75) is 138 Å². The highest BCUT2D eigenvalue weighted by Crippen LogP contribution is 2.67. The lowest BCUT2D eigenvalue weighted by Gasteiger charge is -2.58. The van der Waals surface area contributed by atoms with Crippen molar-refractivity contribution < 1.29 is 9.53 Å². The van der Waals surface area contributed by atoms with Crippen LogP contribution in [0.2, 0.25) is 0 Å². The first-order valence-electron chi connectivity index (χ1n) is 15.0. The number of hydrogen-bond acceptors (Lipinski definition) is 2. The number of carbonyl (C=O) groups is 1. The van der Waals surface area contributed by atoms with Crippen molar-refractivity contribution >= 4 is 6.09 Å². The van der Waals surface area contributed by atoms with Gasteiger partial charge in [0.25, 0.3) is 0 Å². The molecule has 0 radical (unpaired) electrons. The molecule has 4 aliphatic rings. The summed E-state index contributed by atoms with van der Waals surface area (Å²) >= 11 is 0. The number of rotatable bonds is 6. The average molecular weight is 486 g/mol. The maximum Gasteiger partial charge on any atom is 0.407 e. The Hall–Kier alpha value is -0.990. The molecule has 0 aromatic heterocycles. The number of fused-ring (bicyclic) bond motifs is 5. The largest absolute Gasteiger partial charge is 0.444 e. The third kappa shape index (κ3) is 5.49. The number of allylic oxidation sites excluding steroid dienone is 1. The second kappa shape index (κ2) is 10.1. The highest BCUT2D eigenvalue weighted by atomic mass is 16.6. The van der Waals surface area contributed by atoms with E-state index >= 15 is 0 Å². The molecule has 0 spiro atoms. The van der Waals surface area contributed by atoms with Crippen LogP contribution in [0.3, 0.4) is 0 Å². The molecule has 3 nitrogen and oxygen atoms in total. The molecule has 35 heavy (non-hydrogen) atoms. The summed E-state index contributed by atoms with van der Waals surface area (Å²) in [6.07, 6.45) is 16.9. The second-order valence-corrected chi connectivity index (χ2v) is 14.9. The zero-order valence-electron chi connectivity index (χ0n) is 24.2. The molecule has 1 amide bonds. The summed E-state index contributed by atoms with van der Waals surface area (Å²) in [5.74, 6) is 5.24. The van der Waals surface area contributed by atoms with Crippen LogP contribution in [0.5, 0.6) is 0 Å². The van der Waals surface area contributed by atoms with Crippen LogP contribution in [-0.4, -0.2) is 17.7 Å². The molecule has 1 N–H and O–H groups in total. The van der Waals surface area contributed by atoms with Crippen molar-refractivity contribution in [3.63, 3.8) is 0 Å². The van der Waals surface area contributed by atoms with Gasteiger partial charge in [-0.25, -0.2) is 4.79 Å². The van der Waals surface area contributed by atoms with Crippen LogP contribution in [0.4, 0.5) is 4.79 Å². The number of amides is 1. The number of nitrogens with one attached hydrogen (secondary N) is 1. The first kappa shape index (κ1) is 27.1. The summed E-state index contributed by atoms with van der Waals surface area (Å²) in [5, 5.41) is 3.18. The Morgan fingerprint density at radius 1 is 1.06 bits per heavy atom. The lowest BCUT2D eigenvalue weighted by atomic mass is 9.47. The van der Waals surface area contributed by atoms with Gasteiger partial charge in [0, 0.05) is 6.04 Å². The molecule has 4 rings (SSSR count). The Morgan fingerprint density at radius 3 is 2.49 bits per heavy atom. The maximum atomic E-state index is 12.4. The average Bonchev–Trinajstić information content (AvgIpc) is 3.09. The van der Waals surface area contributed by atoms with Gasteiger partial charge in [-0.1, -0.05) is 65.5 Å². The second-order valence-electron chi connectivity index (χ2n) is 14.9. The predicted octanol–water partition coefficient (Wildman–Crippen LogP) is 8.92. The fourth-order valence-corrected chi connectivity index (χ4v) is 9.28. The summed E-state index contributed by atoms with van der Waals surface area (Å²) in [5.41, 5.74) is 2.07. The number of ether oxygens (including phenoxy) is 1. The minimum absolute atomic E-state index is 0.220. The smallest absolute Gasteiger partial charge is 0.407 e. The van der Waals surface area contributed by atoms with Gasteiger partial charge < -0.3 is 10.1 Å². The van der Waals surface area contributed by atoms with E-state index in [9.17, 15) is 4.79 Å². The molecule has 0 aromatic carbocycles. The molecular weight excluding hydrogens is 430 g/mol. The van der Waals surface area contributed by atoms with Crippen LogP contribution in [0.15, 0.2) is 11.6 Å². The van der Waals surface area contributed by atoms with E-state index in [4.69, 9.17) is 4.74 Å². The van der Waals surface area contributed by atoms with E-state index in [1.165, 1.54) is 57.8 Å². The van der Waals surface area contributed by atoms with Crippen LogP contribution in [0, 0.1) is 46.3 Å². The van der Waals surface area contributed by atoms with E-state index in [1.807, 2.05) is 20.8 Å². The first-order chi connectivity index (χ1) is 16.3. The normalized spacial score (nSPS) is 39.8. The van der Waals surface area contributed by atoms with Gasteiger partial charge >= 0.3 is 6.09 Å². The van der Waals surface area contributed by atoms with Crippen LogP contribution < -0.4 is 5.32 Å². The van der Waals surface area contributed by atoms with E-state index in [0.717, 1.165) is 48.3 Å². The molecule has 4 unspecified atom stereocenters. The zero-order chi connectivity index (χ0) is 25.6. The molecule has 3 fully saturated rings. The Kier molecular flexibility index (Phi) is 7.77. The van der Waals surface area contributed by atoms with Gasteiger partial charge in [-0.3, -0.25) is 0 Å². The van der Waals surface area contributed by atoms with Crippen molar-refractivity contribution in [1.82, 2.24) is 5.32 Å². The number of alkyl carbamates (subject to hydrolysis) is 1. The van der Waals surface area contributed by atoms with Gasteiger partial charge in [-0.15, -0.1) is 0 Å². The molecule has 0 aliphatic heterocycles. The van der Waals surface area contributed by atoms with Crippen molar-refractivity contribution in [3.8, 4) is 0 Å². The molecule has 3 heteroatoms. The van der Waals surface area contributed by atoms with Gasteiger partial charge in [0.05, 0.1) is 0 Å².